The standard InChI is InChI=1S/C17H14N2O2/c1-18-16(20)14-11-12-7-5-6-10-15(12)21-17(14)19-13-8-3-2-4-9-13/h2-11H,1H3,(H,18,20). The van der Waals surface area contributed by atoms with Crippen molar-refractivity contribution >= 4 is 22.6 Å². The molecule has 0 atom stereocenters. The zero-order valence-corrected chi connectivity index (χ0v) is 11.5. The third kappa shape index (κ3) is 2.69. The van der Waals surface area contributed by atoms with Gasteiger partial charge in [0.05, 0.1) is 5.69 Å². The molecule has 0 unspecified atom stereocenters. The molecular formula is C17H14N2O2. The molecule has 0 aliphatic carbocycles. The molecule has 4 nitrogen and oxygen atoms in total. The first-order chi connectivity index (χ1) is 10.3. The summed E-state index contributed by atoms with van der Waals surface area (Å²) in [4.78, 5) is 16.5. The van der Waals surface area contributed by atoms with Crippen LogP contribution in [0.15, 0.2) is 70.1 Å². The smallest absolute Gasteiger partial charge is 0.256 e. The van der Waals surface area contributed by atoms with Gasteiger partial charge in [-0.2, -0.15) is 0 Å². The van der Waals surface area contributed by atoms with Crippen LogP contribution in [0.25, 0.3) is 11.0 Å². The van der Waals surface area contributed by atoms with Gasteiger partial charge in [-0.15, -0.1) is 0 Å². The number of fused-ring (bicyclic) bond motifs is 1. The van der Waals surface area contributed by atoms with Gasteiger partial charge in [-0.25, -0.2) is 4.99 Å². The molecule has 21 heavy (non-hydrogen) atoms. The SMILES string of the molecule is CNC(=O)c1cc2ccccc2oc1=Nc1ccccc1. The largest absolute Gasteiger partial charge is 0.438 e. The average molecular weight is 278 g/mol. The van der Waals surface area contributed by atoms with Crippen molar-refractivity contribution in [3.8, 4) is 0 Å². The highest BCUT2D eigenvalue weighted by Crippen LogP contribution is 2.14. The van der Waals surface area contributed by atoms with Crippen LogP contribution in [0.1, 0.15) is 10.4 Å². The number of hydrogen-bond donors (Lipinski definition) is 1. The van der Waals surface area contributed by atoms with Crippen LogP contribution in [-0.4, -0.2) is 13.0 Å². The zero-order valence-electron chi connectivity index (χ0n) is 11.5. The molecule has 104 valence electrons. The minimum atomic E-state index is -0.223. The highest BCUT2D eigenvalue weighted by molar-refractivity contribution is 5.96. The van der Waals surface area contributed by atoms with E-state index >= 15 is 0 Å². The molecule has 1 N–H and O–H groups in total. The van der Waals surface area contributed by atoms with Crippen molar-refractivity contribution in [2.75, 3.05) is 7.05 Å². The second-order valence-electron chi connectivity index (χ2n) is 4.53. The second kappa shape index (κ2) is 5.63. The number of nitrogens with zero attached hydrogens (tertiary/aromatic N) is 1. The van der Waals surface area contributed by atoms with E-state index in [1.54, 1.807) is 13.1 Å². The van der Waals surface area contributed by atoms with E-state index in [9.17, 15) is 4.79 Å². The van der Waals surface area contributed by atoms with Crippen LogP contribution in [0, 0.1) is 0 Å². The third-order valence-electron chi connectivity index (χ3n) is 3.11. The molecular weight excluding hydrogens is 264 g/mol. The van der Waals surface area contributed by atoms with E-state index in [-0.39, 0.29) is 5.91 Å². The van der Waals surface area contributed by atoms with E-state index in [0.717, 1.165) is 11.1 Å². The molecule has 1 aromatic heterocycles. The van der Waals surface area contributed by atoms with Gasteiger partial charge in [-0.05, 0) is 24.3 Å². The second-order valence-corrected chi connectivity index (χ2v) is 4.53. The minimum absolute atomic E-state index is 0.223. The maximum absolute atomic E-state index is 12.0. The van der Waals surface area contributed by atoms with E-state index in [1.165, 1.54) is 0 Å². The topological polar surface area (TPSA) is 54.6 Å². The summed E-state index contributed by atoms with van der Waals surface area (Å²) < 4.78 is 5.79. The third-order valence-corrected chi connectivity index (χ3v) is 3.11. The lowest BCUT2D eigenvalue weighted by molar-refractivity contribution is 0.0959. The molecule has 3 rings (SSSR count). The van der Waals surface area contributed by atoms with E-state index < -0.39 is 0 Å². The lowest BCUT2D eigenvalue weighted by atomic mass is 10.2. The highest BCUT2D eigenvalue weighted by atomic mass is 16.3. The quantitative estimate of drug-likeness (QED) is 0.783. The number of rotatable bonds is 2. The minimum Gasteiger partial charge on any atom is -0.438 e. The maximum atomic E-state index is 12.0. The monoisotopic (exact) mass is 278 g/mol. The predicted octanol–water partition coefficient (Wildman–Crippen LogP) is 3.02. The number of hydrogen-bond acceptors (Lipinski definition) is 3. The summed E-state index contributed by atoms with van der Waals surface area (Å²) in [5, 5.41) is 3.48. The van der Waals surface area contributed by atoms with Crippen molar-refractivity contribution in [1.29, 1.82) is 0 Å². The molecule has 2 aromatic carbocycles. The number of amides is 1. The Kier molecular flexibility index (Phi) is 3.51. The maximum Gasteiger partial charge on any atom is 0.256 e. The summed E-state index contributed by atoms with van der Waals surface area (Å²) in [5.74, 6) is -0.223. The normalized spacial score (nSPS) is 11.6. The van der Waals surface area contributed by atoms with Crippen molar-refractivity contribution in [3.05, 3.63) is 71.8 Å². The van der Waals surface area contributed by atoms with Gasteiger partial charge in [0.25, 0.3) is 5.91 Å². The molecule has 0 aliphatic rings. The highest BCUT2D eigenvalue weighted by Gasteiger charge is 2.10. The Morgan fingerprint density at radius 1 is 1.05 bits per heavy atom. The van der Waals surface area contributed by atoms with Gasteiger partial charge in [0, 0.05) is 12.4 Å². The molecule has 0 saturated carbocycles. The molecule has 4 heteroatoms. The zero-order chi connectivity index (χ0) is 14.7. The Morgan fingerprint density at radius 2 is 1.76 bits per heavy atom. The van der Waals surface area contributed by atoms with Crippen LogP contribution >= 0.6 is 0 Å². The summed E-state index contributed by atoms with van der Waals surface area (Å²) in [6.07, 6.45) is 0. The Hall–Kier alpha value is -2.88. The van der Waals surface area contributed by atoms with E-state index in [1.807, 2.05) is 54.6 Å². The average Bonchev–Trinajstić information content (AvgIpc) is 2.54. The van der Waals surface area contributed by atoms with E-state index in [0.29, 0.717) is 16.7 Å². The summed E-state index contributed by atoms with van der Waals surface area (Å²) in [5.41, 5.74) is 2.15. The number of carbonyl (C=O) groups excluding carboxylic acids is 1. The van der Waals surface area contributed by atoms with Gasteiger partial charge in [0.2, 0.25) is 5.55 Å². The first kappa shape index (κ1) is 13.1. The molecule has 0 radical (unpaired) electrons. The summed E-state index contributed by atoms with van der Waals surface area (Å²) in [7, 11) is 1.59. The molecule has 0 saturated heterocycles. The Morgan fingerprint density at radius 3 is 2.52 bits per heavy atom. The molecule has 3 aromatic rings. The molecule has 1 heterocycles. The number of para-hydroxylation sites is 2. The van der Waals surface area contributed by atoms with Crippen LogP contribution in [0.3, 0.4) is 0 Å². The van der Waals surface area contributed by atoms with Crippen LogP contribution < -0.4 is 10.9 Å². The number of benzene rings is 2. The fourth-order valence-corrected chi connectivity index (χ4v) is 2.07. The molecule has 0 bridgehead atoms. The van der Waals surface area contributed by atoms with Crippen molar-refractivity contribution in [2.45, 2.75) is 0 Å². The van der Waals surface area contributed by atoms with Crippen LogP contribution in [0.2, 0.25) is 0 Å². The molecule has 1 amide bonds. The lowest BCUT2D eigenvalue weighted by Gasteiger charge is -2.03. The van der Waals surface area contributed by atoms with Gasteiger partial charge in [-0.1, -0.05) is 36.4 Å². The van der Waals surface area contributed by atoms with E-state index in [2.05, 4.69) is 10.3 Å². The van der Waals surface area contributed by atoms with Crippen LogP contribution in [0.5, 0.6) is 0 Å². The van der Waals surface area contributed by atoms with Crippen molar-refractivity contribution in [3.63, 3.8) is 0 Å². The molecule has 0 fully saturated rings. The Balaban J connectivity index is 2.28. The van der Waals surface area contributed by atoms with E-state index in [4.69, 9.17) is 4.42 Å². The number of nitrogens with one attached hydrogen (secondary N) is 1. The molecule has 0 aliphatic heterocycles. The molecule has 0 spiro atoms. The van der Waals surface area contributed by atoms with Crippen molar-refractivity contribution in [1.82, 2.24) is 5.32 Å². The fraction of sp³-hybridized carbons (Fsp3) is 0.0588. The predicted molar refractivity (Wildman–Crippen MR) is 81.3 cm³/mol. The Bertz CT molecular complexity index is 851. The van der Waals surface area contributed by atoms with Gasteiger partial charge in [0.15, 0.2) is 0 Å². The van der Waals surface area contributed by atoms with Crippen molar-refractivity contribution < 1.29 is 9.21 Å². The van der Waals surface area contributed by atoms with Gasteiger partial charge in [-0.3, -0.25) is 4.79 Å². The Labute approximate surface area is 121 Å². The summed E-state index contributed by atoms with van der Waals surface area (Å²) in [6, 6.07) is 18.7. The summed E-state index contributed by atoms with van der Waals surface area (Å²) >= 11 is 0. The first-order valence-corrected chi connectivity index (χ1v) is 6.62. The van der Waals surface area contributed by atoms with Gasteiger partial charge >= 0.3 is 0 Å². The first-order valence-electron chi connectivity index (χ1n) is 6.62. The number of carbonyl (C=O) groups is 1. The summed E-state index contributed by atoms with van der Waals surface area (Å²) in [6.45, 7) is 0. The van der Waals surface area contributed by atoms with Gasteiger partial charge in [0.1, 0.15) is 11.1 Å². The lowest BCUT2D eigenvalue weighted by Crippen LogP contribution is -2.25. The van der Waals surface area contributed by atoms with Crippen LogP contribution in [-0.2, 0) is 0 Å². The fourth-order valence-electron chi connectivity index (χ4n) is 2.07. The van der Waals surface area contributed by atoms with Crippen molar-refractivity contribution in [2.24, 2.45) is 4.99 Å². The van der Waals surface area contributed by atoms with Gasteiger partial charge < -0.3 is 9.73 Å². The van der Waals surface area contributed by atoms with Crippen LogP contribution in [0.4, 0.5) is 5.69 Å².